The maximum Gasteiger partial charge on any atom is 0.254 e. The molecule has 1 atom stereocenters. The van der Waals surface area contributed by atoms with Crippen LogP contribution in [0.1, 0.15) is 33.3 Å². The number of fused-ring (bicyclic) bond motifs is 1. The van der Waals surface area contributed by atoms with Crippen LogP contribution in [0.4, 0.5) is 0 Å². The number of aryl methyl sites for hydroxylation is 1. The molecular weight excluding hydrogens is 336 g/mol. The predicted octanol–water partition coefficient (Wildman–Crippen LogP) is 1.78. The second kappa shape index (κ2) is 6.53. The molecule has 1 aliphatic rings. The highest BCUT2D eigenvalue weighted by molar-refractivity contribution is 7.10. The van der Waals surface area contributed by atoms with Gasteiger partial charge in [0.25, 0.3) is 5.91 Å². The summed E-state index contributed by atoms with van der Waals surface area (Å²) < 4.78 is 1.82. The van der Waals surface area contributed by atoms with Crippen molar-refractivity contribution in [1.29, 1.82) is 0 Å². The Morgan fingerprint density at radius 3 is 3.00 bits per heavy atom. The largest absolute Gasteiger partial charge is 0.338 e. The molecule has 7 nitrogen and oxygen atoms in total. The molecule has 4 heterocycles. The van der Waals surface area contributed by atoms with Crippen molar-refractivity contribution in [3.8, 4) is 0 Å². The van der Waals surface area contributed by atoms with Gasteiger partial charge in [0.05, 0.1) is 17.8 Å². The molecule has 0 unspecified atom stereocenters. The molecule has 25 heavy (non-hydrogen) atoms. The summed E-state index contributed by atoms with van der Waals surface area (Å²) >= 11 is 1.61. The molecule has 1 amide bonds. The molecule has 0 aromatic carbocycles. The number of carbonyl (C=O) groups is 1. The molecule has 0 radical (unpaired) electrons. The van der Waals surface area contributed by atoms with E-state index in [1.165, 1.54) is 0 Å². The second-order valence-electron chi connectivity index (χ2n) is 6.31. The van der Waals surface area contributed by atoms with Crippen LogP contribution in [-0.2, 0) is 6.54 Å². The summed E-state index contributed by atoms with van der Waals surface area (Å²) in [6.45, 7) is 4.53. The van der Waals surface area contributed by atoms with E-state index in [2.05, 4.69) is 9.97 Å². The molecule has 3 aromatic rings. The van der Waals surface area contributed by atoms with E-state index in [0.717, 1.165) is 40.3 Å². The van der Waals surface area contributed by atoms with Crippen LogP contribution in [-0.4, -0.2) is 50.2 Å². The number of likely N-dealkylation sites (tertiary alicyclic amines) is 1. The van der Waals surface area contributed by atoms with E-state index in [0.29, 0.717) is 19.6 Å². The second-order valence-corrected chi connectivity index (χ2v) is 7.42. The van der Waals surface area contributed by atoms with E-state index in [1.54, 1.807) is 23.7 Å². The number of aromatic nitrogens is 4. The first kappa shape index (κ1) is 16.2. The summed E-state index contributed by atoms with van der Waals surface area (Å²) in [5, 5.41) is 6.64. The van der Waals surface area contributed by atoms with Crippen LogP contribution in [0.15, 0.2) is 23.8 Å². The zero-order valence-electron chi connectivity index (χ0n) is 14.1. The van der Waals surface area contributed by atoms with Crippen LogP contribution in [0.2, 0.25) is 0 Å². The van der Waals surface area contributed by atoms with Crippen LogP contribution >= 0.6 is 11.3 Å². The van der Waals surface area contributed by atoms with Crippen LogP contribution in [0.3, 0.4) is 0 Å². The molecule has 130 valence electrons. The number of nitrogens with zero attached hydrogens (tertiary/aromatic N) is 5. The molecule has 0 spiro atoms. The van der Waals surface area contributed by atoms with Crippen molar-refractivity contribution in [2.75, 3.05) is 19.6 Å². The third-order valence-corrected chi connectivity index (χ3v) is 5.44. The summed E-state index contributed by atoms with van der Waals surface area (Å²) in [5.74, 6) is 0.283. The average molecular weight is 356 g/mol. The van der Waals surface area contributed by atoms with Crippen LogP contribution < -0.4 is 5.73 Å². The maximum atomic E-state index is 12.7. The fourth-order valence-corrected chi connectivity index (χ4v) is 4.06. The summed E-state index contributed by atoms with van der Waals surface area (Å²) in [6.07, 6.45) is 4.25. The Labute approximate surface area is 149 Å². The van der Waals surface area contributed by atoms with Gasteiger partial charge in [0.2, 0.25) is 0 Å². The van der Waals surface area contributed by atoms with Gasteiger partial charge in [0, 0.05) is 48.2 Å². The van der Waals surface area contributed by atoms with Crippen molar-refractivity contribution >= 4 is 28.4 Å². The van der Waals surface area contributed by atoms with E-state index >= 15 is 0 Å². The van der Waals surface area contributed by atoms with Gasteiger partial charge in [-0.3, -0.25) is 4.79 Å². The van der Waals surface area contributed by atoms with Crippen molar-refractivity contribution in [3.63, 3.8) is 0 Å². The van der Waals surface area contributed by atoms with E-state index < -0.39 is 0 Å². The Bertz CT molecular complexity index is 917. The lowest BCUT2D eigenvalue weighted by atomic mass is 10.0. The number of nitrogens with two attached hydrogens (primary N) is 1. The fourth-order valence-electron chi connectivity index (χ4n) is 3.38. The lowest BCUT2D eigenvalue weighted by Crippen LogP contribution is -2.28. The molecule has 0 aliphatic carbocycles. The molecule has 1 aliphatic heterocycles. The molecule has 1 saturated heterocycles. The van der Waals surface area contributed by atoms with Crippen molar-refractivity contribution in [2.45, 2.75) is 25.8 Å². The first-order chi connectivity index (χ1) is 12.2. The van der Waals surface area contributed by atoms with Gasteiger partial charge in [-0.2, -0.15) is 5.10 Å². The summed E-state index contributed by atoms with van der Waals surface area (Å²) in [5.41, 5.74) is 8.97. The van der Waals surface area contributed by atoms with Gasteiger partial charge in [0.1, 0.15) is 5.52 Å². The fraction of sp³-hybridized carbons (Fsp3) is 0.412. The van der Waals surface area contributed by atoms with Gasteiger partial charge in [-0.1, -0.05) is 0 Å². The van der Waals surface area contributed by atoms with Gasteiger partial charge < -0.3 is 10.6 Å². The molecule has 0 bridgehead atoms. The van der Waals surface area contributed by atoms with E-state index in [-0.39, 0.29) is 11.8 Å². The van der Waals surface area contributed by atoms with E-state index in [9.17, 15) is 4.79 Å². The molecule has 1 fully saturated rings. The van der Waals surface area contributed by atoms with E-state index in [4.69, 9.17) is 10.8 Å². The Morgan fingerprint density at radius 2 is 2.24 bits per heavy atom. The highest BCUT2D eigenvalue weighted by Crippen LogP contribution is 2.31. The molecule has 0 saturated carbocycles. The monoisotopic (exact) mass is 356 g/mol. The zero-order valence-corrected chi connectivity index (χ0v) is 14.9. The Hall–Kier alpha value is -2.32. The first-order valence-corrected chi connectivity index (χ1v) is 9.27. The maximum absolute atomic E-state index is 12.7. The molecule has 4 rings (SSSR count). The van der Waals surface area contributed by atoms with Crippen molar-refractivity contribution in [3.05, 3.63) is 40.0 Å². The lowest BCUT2D eigenvalue weighted by molar-refractivity contribution is 0.0791. The van der Waals surface area contributed by atoms with Crippen molar-refractivity contribution < 1.29 is 4.79 Å². The molecule has 8 heteroatoms. The number of hydrogen-bond acceptors (Lipinski definition) is 6. The molecule has 3 aromatic heterocycles. The Kier molecular flexibility index (Phi) is 4.22. The van der Waals surface area contributed by atoms with Gasteiger partial charge in [-0.25, -0.2) is 14.6 Å². The van der Waals surface area contributed by atoms with Gasteiger partial charge in [-0.05, 0) is 19.4 Å². The topological polar surface area (TPSA) is 89.9 Å². The molecule has 2 N–H and O–H groups in total. The normalized spacial score (nSPS) is 17.5. The third kappa shape index (κ3) is 2.91. The van der Waals surface area contributed by atoms with Gasteiger partial charge in [0.15, 0.2) is 5.65 Å². The number of amides is 1. The zero-order chi connectivity index (χ0) is 17.4. The summed E-state index contributed by atoms with van der Waals surface area (Å²) in [4.78, 5) is 24.6. The van der Waals surface area contributed by atoms with Gasteiger partial charge >= 0.3 is 0 Å². The number of rotatable bonds is 4. The Morgan fingerprint density at radius 1 is 1.40 bits per heavy atom. The minimum atomic E-state index is 0.101. The number of thiophene rings is 1. The SMILES string of the molecule is Cc1cc(C(=O)N2CC[C@H](c3nn(CCN)c4nccnc34)C2)cs1. The highest BCUT2D eigenvalue weighted by atomic mass is 32.1. The van der Waals surface area contributed by atoms with Crippen molar-refractivity contribution in [1.82, 2.24) is 24.6 Å². The summed E-state index contributed by atoms with van der Waals surface area (Å²) in [6, 6.07) is 1.96. The summed E-state index contributed by atoms with van der Waals surface area (Å²) in [7, 11) is 0. The van der Waals surface area contributed by atoms with Crippen LogP contribution in [0.5, 0.6) is 0 Å². The predicted molar refractivity (Wildman–Crippen MR) is 96.7 cm³/mol. The Balaban J connectivity index is 1.59. The van der Waals surface area contributed by atoms with Crippen LogP contribution in [0, 0.1) is 6.92 Å². The number of hydrogen-bond donors (Lipinski definition) is 1. The lowest BCUT2D eigenvalue weighted by Gasteiger charge is -2.15. The first-order valence-electron chi connectivity index (χ1n) is 8.39. The van der Waals surface area contributed by atoms with Gasteiger partial charge in [-0.15, -0.1) is 11.3 Å². The minimum Gasteiger partial charge on any atom is -0.338 e. The van der Waals surface area contributed by atoms with Crippen molar-refractivity contribution in [2.24, 2.45) is 5.73 Å². The molecular formula is C17H20N6OS. The third-order valence-electron chi connectivity index (χ3n) is 4.58. The van der Waals surface area contributed by atoms with E-state index in [1.807, 2.05) is 28.0 Å². The highest BCUT2D eigenvalue weighted by Gasteiger charge is 2.32. The smallest absolute Gasteiger partial charge is 0.254 e. The standard InChI is InChI=1S/C17H20N6OS/c1-11-8-13(10-25-11)17(24)22-6-2-12(9-22)14-15-16(20-5-4-19-15)23(21-14)7-3-18/h4-5,8,10,12H,2-3,6-7,9,18H2,1H3/t12-/m0/s1. The minimum absolute atomic E-state index is 0.101. The average Bonchev–Trinajstić information content (AvgIpc) is 3.33. The quantitative estimate of drug-likeness (QED) is 0.770. The number of carbonyl (C=O) groups excluding carboxylic acids is 1. The van der Waals surface area contributed by atoms with Crippen LogP contribution in [0.25, 0.3) is 11.2 Å².